The summed E-state index contributed by atoms with van der Waals surface area (Å²) in [6.45, 7) is 9.00. The van der Waals surface area contributed by atoms with Crippen LogP contribution in [0.1, 0.15) is 201 Å². The van der Waals surface area contributed by atoms with Gasteiger partial charge in [-0.1, -0.05) is 124 Å². The zero-order valence-electron chi connectivity index (χ0n) is 33.9. The molecule has 300 valence electrons. The second kappa shape index (κ2) is 21.5. The molecule has 1 amide bonds. The third-order valence-electron chi connectivity index (χ3n) is 15.3. The summed E-state index contributed by atoms with van der Waals surface area (Å²) in [6, 6.07) is 0. The van der Waals surface area contributed by atoms with E-state index >= 15 is 0 Å². The largest absolute Gasteiger partial charge is 0.480 e. The molecule has 0 spiro atoms. The van der Waals surface area contributed by atoms with Gasteiger partial charge in [-0.25, -0.2) is 0 Å². The summed E-state index contributed by atoms with van der Waals surface area (Å²) in [4.78, 5) is 35.9. The van der Waals surface area contributed by atoms with E-state index in [2.05, 4.69) is 33.0 Å². The van der Waals surface area contributed by atoms with Gasteiger partial charge in [-0.3, -0.25) is 14.4 Å². The molecule has 0 aromatic carbocycles. The summed E-state index contributed by atoms with van der Waals surface area (Å²) in [5, 5.41) is 23.3. The molecule has 10 unspecified atom stereocenters. The number of aliphatic carboxylic acids is 1. The van der Waals surface area contributed by atoms with E-state index in [0.29, 0.717) is 48.3 Å². The maximum atomic E-state index is 12.9. The topological polar surface area (TPSA) is 113 Å². The monoisotopic (exact) mass is 730 g/mol. The molecular weight excluding hydrogens is 650 g/mol. The highest BCUT2D eigenvalue weighted by atomic mass is 16.5. The second-order valence-electron chi connectivity index (χ2n) is 18.6. The Bertz CT molecular complexity index is 1100. The van der Waals surface area contributed by atoms with Gasteiger partial charge >= 0.3 is 11.9 Å². The zero-order chi connectivity index (χ0) is 37.6. The minimum Gasteiger partial charge on any atom is -0.480 e. The smallest absolute Gasteiger partial charge is 0.322 e. The van der Waals surface area contributed by atoms with Crippen LogP contribution in [0.3, 0.4) is 0 Å². The number of carboxylic acid groups (broad SMARTS) is 1. The van der Waals surface area contributed by atoms with Crippen LogP contribution in [-0.4, -0.2) is 46.8 Å². The van der Waals surface area contributed by atoms with Gasteiger partial charge in [-0.05, 0) is 111 Å². The molecule has 0 saturated heterocycles. The van der Waals surface area contributed by atoms with Gasteiger partial charge in [0.05, 0.1) is 6.10 Å². The van der Waals surface area contributed by atoms with E-state index in [9.17, 15) is 19.5 Å². The van der Waals surface area contributed by atoms with E-state index in [1.807, 2.05) is 0 Å². The maximum absolute atomic E-state index is 12.9. The van der Waals surface area contributed by atoms with E-state index in [4.69, 9.17) is 9.84 Å². The first-order valence-electron chi connectivity index (χ1n) is 22.4. The molecule has 0 bridgehead atoms. The third-order valence-corrected chi connectivity index (χ3v) is 15.3. The lowest BCUT2D eigenvalue weighted by molar-refractivity contribution is -0.181. The lowest BCUT2D eigenvalue weighted by Gasteiger charge is -2.62. The predicted octanol–water partition coefficient (Wildman–Crippen LogP) is 10.8. The number of rotatable bonds is 24. The fourth-order valence-corrected chi connectivity index (χ4v) is 12.1. The molecule has 4 aliphatic rings. The number of carbonyl (C=O) groups is 3. The Morgan fingerprint density at radius 3 is 1.94 bits per heavy atom. The zero-order valence-corrected chi connectivity index (χ0v) is 33.9. The van der Waals surface area contributed by atoms with Gasteiger partial charge in [0.25, 0.3) is 0 Å². The number of unbranched alkanes of at least 4 members (excludes halogenated alkanes) is 15. The van der Waals surface area contributed by atoms with Gasteiger partial charge < -0.3 is 20.3 Å². The molecule has 0 radical (unpaired) electrons. The molecule has 4 saturated carbocycles. The van der Waals surface area contributed by atoms with Crippen LogP contribution in [0, 0.1) is 46.3 Å². The third kappa shape index (κ3) is 11.7. The highest BCUT2D eigenvalue weighted by Crippen LogP contribution is 2.68. The van der Waals surface area contributed by atoms with Crippen LogP contribution in [0.2, 0.25) is 0 Å². The van der Waals surface area contributed by atoms with Crippen molar-refractivity contribution in [2.24, 2.45) is 46.3 Å². The fraction of sp³-hybridized carbons (Fsp3) is 0.933. The lowest BCUT2D eigenvalue weighted by Crippen LogP contribution is -2.59. The van der Waals surface area contributed by atoms with Gasteiger partial charge in [0, 0.05) is 12.8 Å². The summed E-state index contributed by atoms with van der Waals surface area (Å²) < 4.78 is 6.11. The van der Waals surface area contributed by atoms with Crippen molar-refractivity contribution in [2.75, 3.05) is 6.54 Å². The summed E-state index contributed by atoms with van der Waals surface area (Å²) in [5.74, 6) is 1.63. The standard InChI is InChI=1S/C45H79NO6/c1-5-6-7-8-9-10-11-12-13-14-15-16-17-18-19-20-21-43(51)52-35-28-29-44(3)34(30-35)23-24-36-38-26-25-37(45(38,4)40(47)31-39(36)44)33(2)22-27-41(48)46-32-42(49)50/h33-40,47H,5-32H2,1-4H3,(H,46,48)(H,49,50). The highest BCUT2D eigenvalue weighted by Gasteiger charge is 2.63. The van der Waals surface area contributed by atoms with Crippen LogP contribution in [-0.2, 0) is 19.1 Å². The van der Waals surface area contributed by atoms with Gasteiger partial charge in [0.2, 0.25) is 5.91 Å². The summed E-state index contributed by atoms with van der Waals surface area (Å²) in [7, 11) is 0. The van der Waals surface area contributed by atoms with E-state index in [-0.39, 0.29) is 41.5 Å². The van der Waals surface area contributed by atoms with E-state index in [1.165, 1.54) is 103 Å². The second-order valence-corrected chi connectivity index (χ2v) is 18.6. The van der Waals surface area contributed by atoms with Gasteiger partial charge in [0.15, 0.2) is 0 Å². The van der Waals surface area contributed by atoms with E-state index in [1.54, 1.807) is 0 Å². The predicted molar refractivity (Wildman–Crippen MR) is 210 cm³/mol. The van der Waals surface area contributed by atoms with Crippen molar-refractivity contribution in [3.8, 4) is 0 Å². The molecule has 7 heteroatoms. The number of fused-ring (bicyclic) bond motifs is 5. The number of nitrogens with one attached hydrogen (secondary N) is 1. The molecule has 0 heterocycles. The molecule has 10 atom stereocenters. The number of aliphatic hydroxyl groups is 1. The minimum atomic E-state index is -1.02. The van der Waals surface area contributed by atoms with Crippen molar-refractivity contribution < 1.29 is 29.3 Å². The molecular formula is C45H79NO6. The highest BCUT2D eigenvalue weighted by molar-refractivity contribution is 5.81. The Kier molecular flexibility index (Phi) is 17.8. The maximum Gasteiger partial charge on any atom is 0.322 e. The van der Waals surface area contributed by atoms with Crippen molar-refractivity contribution in [2.45, 2.75) is 213 Å². The number of hydrogen-bond donors (Lipinski definition) is 3. The van der Waals surface area contributed by atoms with Crippen LogP contribution in [0.5, 0.6) is 0 Å². The van der Waals surface area contributed by atoms with E-state index < -0.39 is 5.97 Å². The fourth-order valence-electron chi connectivity index (χ4n) is 12.1. The number of amides is 1. The number of esters is 1. The average molecular weight is 730 g/mol. The SMILES string of the molecule is CCCCCCCCCCCCCCCCCCC(=O)OC1CCC2(C)C(CCC3C2CC(O)C2(C)C(C(C)CCC(=O)NCC(=O)O)CCC32)C1. The Balaban J connectivity index is 1.11. The first kappa shape index (κ1) is 43.1. The van der Waals surface area contributed by atoms with Crippen molar-refractivity contribution in [1.82, 2.24) is 5.32 Å². The van der Waals surface area contributed by atoms with Crippen molar-refractivity contribution in [3.63, 3.8) is 0 Å². The minimum absolute atomic E-state index is 0.00184. The van der Waals surface area contributed by atoms with Crippen LogP contribution in [0.25, 0.3) is 0 Å². The van der Waals surface area contributed by atoms with Crippen LogP contribution < -0.4 is 5.32 Å². The number of aliphatic hydroxyl groups excluding tert-OH is 1. The van der Waals surface area contributed by atoms with Crippen molar-refractivity contribution in [1.29, 1.82) is 0 Å². The van der Waals surface area contributed by atoms with Crippen LogP contribution >= 0.6 is 0 Å². The van der Waals surface area contributed by atoms with Crippen molar-refractivity contribution >= 4 is 17.8 Å². The Labute approximate surface area is 318 Å². The number of carboxylic acids is 1. The Morgan fingerprint density at radius 1 is 0.750 bits per heavy atom. The van der Waals surface area contributed by atoms with Gasteiger partial charge in [0.1, 0.15) is 12.6 Å². The van der Waals surface area contributed by atoms with Gasteiger partial charge in [-0.2, -0.15) is 0 Å². The lowest BCUT2D eigenvalue weighted by atomic mass is 9.43. The molecule has 3 N–H and O–H groups in total. The molecule has 4 rings (SSSR count). The van der Waals surface area contributed by atoms with E-state index in [0.717, 1.165) is 57.8 Å². The molecule has 0 aromatic heterocycles. The Morgan fingerprint density at radius 2 is 1.35 bits per heavy atom. The molecule has 52 heavy (non-hydrogen) atoms. The Hall–Kier alpha value is -1.63. The van der Waals surface area contributed by atoms with Crippen LogP contribution in [0.4, 0.5) is 0 Å². The van der Waals surface area contributed by atoms with Crippen LogP contribution in [0.15, 0.2) is 0 Å². The molecule has 7 nitrogen and oxygen atoms in total. The first-order valence-corrected chi connectivity index (χ1v) is 22.4. The summed E-state index contributed by atoms with van der Waals surface area (Å²) in [6.07, 6.45) is 31.2. The molecule has 0 aromatic rings. The molecule has 4 fully saturated rings. The number of hydrogen-bond acceptors (Lipinski definition) is 5. The van der Waals surface area contributed by atoms with Crippen molar-refractivity contribution in [3.05, 3.63) is 0 Å². The molecule has 0 aliphatic heterocycles. The molecule has 4 aliphatic carbocycles. The normalized spacial score (nSPS) is 33.1. The first-order chi connectivity index (χ1) is 25.0. The summed E-state index contributed by atoms with van der Waals surface area (Å²) >= 11 is 0. The quantitative estimate of drug-likeness (QED) is 0.0673. The number of carbonyl (C=O) groups excluding carboxylic acids is 2. The average Bonchev–Trinajstić information content (AvgIpc) is 3.48. The summed E-state index contributed by atoms with van der Waals surface area (Å²) in [5.41, 5.74) is 0.0503. The number of ether oxygens (including phenoxy) is 1. The van der Waals surface area contributed by atoms with Gasteiger partial charge in [-0.15, -0.1) is 0 Å².